The van der Waals surface area contributed by atoms with Crippen LogP contribution in [0.1, 0.15) is 0 Å². The van der Waals surface area contributed by atoms with E-state index < -0.39 is 28.7 Å². The van der Waals surface area contributed by atoms with E-state index in [1.54, 1.807) is 6.07 Å². The monoisotopic (exact) mass is 385 g/mol. The van der Waals surface area contributed by atoms with Crippen molar-refractivity contribution in [3.8, 4) is 5.75 Å². The Balaban J connectivity index is 1.81. The van der Waals surface area contributed by atoms with Gasteiger partial charge in [-0.2, -0.15) is 0 Å². The molecular formula is C17H15N5O6. The molecule has 2 heterocycles. The van der Waals surface area contributed by atoms with Gasteiger partial charge in [-0.15, -0.1) is 0 Å². The molecule has 3 rings (SSSR count). The van der Waals surface area contributed by atoms with E-state index in [9.17, 15) is 24.5 Å². The summed E-state index contributed by atoms with van der Waals surface area (Å²) in [6, 6.07) is 6.82. The van der Waals surface area contributed by atoms with Crippen LogP contribution in [-0.2, 0) is 18.9 Å². The number of nitro groups is 1. The summed E-state index contributed by atoms with van der Waals surface area (Å²) < 4.78 is 7.46. The molecule has 0 spiro atoms. The van der Waals surface area contributed by atoms with Crippen LogP contribution in [0.2, 0.25) is 0 Å². The molecule has 144 valence electrons. The van der Waals surface area contributed by atoms with Crippen LogP contribution in [0.5, 0.6) is 5.75 Å². The minimum atomic E-state index is -0.620. The Morgan fingerprint density at radius 3 is 2.71 bits per heavy atom. The number of nitro benzene ring substituents is 1. The number of hydrogen-bond acceptors (Lipinski definition) is 7. The van der Waals surface area contributed by atoms with Crippen molar-refractivity contribution in [3.05, 3.63) is 67.5 Å². The minimum absolute atomic E-state index is 0.0217. The summed E-state index contributed by atoms with van der Waals surface area (Å²) in [5.41, 5.74) is -1.04. The largest absolute Gasteiger partial charge is 0.481 e. The maximum Gasteiger partial charge on any atom is 0.332 e. The number of fused-ring (bicyclic) bond motifs is 1. The number of rotatable bonds is 5. The van der Waals surface area contributed by atoms with Crippen molar-refractivity contribution < 1.29 is 14.5 Å². The number of nitrogens with one attached hydrogen (secondary N) is 1. The maximum atomic E-state index is 12.2. The van der Waals surface area contributed by atoms with E-state index in [2.05, 4.69) is 10.3 Å². The summed E-state index contributed by atoms with van der Waals surface area (Å²) in [5, 5.41) is 13.8. The zero-order chi connectivity index (χ0) is 20.4. The Morgan fingerprint density at radius 2 is 2.00 bits per heavy atom. The predicted octanol–water partition coefficient (Wildman–Crippen LogP) is 0.558. The molecule has 0 fully saturated rings. The van der Waals surface area contributed by atoms with Crippen molar-refractivity contribution in [1.29, 1.82) is 0 Å². The molecule has 0 radical (unpaired) electrons. The van der Waals surface area contributed by atoms with Gasteiger partial charge in [0.25, 0.3) is 17.2 Å². The summed E-state index contributed by atoms with van der Waals surface area (Å²) in [5.74, 6) is -0.409. The Morgan fingerprint density at radius 1 is 1.25 bits per heavy atom. The van der Waals surface area contributed by atoms with E-state index in [0.717, 1.165) is 15.2 Å². The topological polar surface area (TPSA) is 138 Å². The van der Waals surface area contributed by atoms with E-state index in [1.165, 1.54) is 38.5 Å². The molecule has 0 saturated carbocycles. The second-order valence-electron chi connectivity index (χ2n) is 5.84. The third-order valence-corrected chi connectivity index (χ3v) is 4.06. The van der Waals surface area contributed by atoms with Gasteiger partial charge in [-0.1, -0.05) is 0 Å². The number of non-ortho nitro benzene ring substituents is 1. The van der Waals surface area contributed by atoms with Crippen LogP contribution in [0.15, 0.2) is 46.1 Å². The number of hydrogen-bond donors (Lipinski definition) is 1. The third-order valence-electron chi connectivity index (χ3n) is 4.06. The van der Waals surface area contributed by atoms with Crippen LogP contribution in [0.25, 0.3) is 10.9 Å². The highest BCUT2D eigenvalue weighted by Crippen LogP contribution is 2.31. The van der Waals surface area contributed by atoms with Gasteiger partial charge in [0.05, 0.1) is 10.3 Å². The minimum Gasteiger partial charge on any atom is -0.481 e. The SMILES string of the molecule is Cn1c(NC(=O)COc2ccc([N+](=O)[O-])c3cccnc23)cc(=O)n(C)c1=O. The summed E-state index contributed by atoms with van der Waals surface area (Å²) in [7, 11) is 2.73. The molecule has 0 unspecified atom stereocenters. The highest BCUT2D eigenvalue weighted by atomic mass is 16.6. The van der Waals surface area contributed by atoms with E-state index in [-0.39, 0.29) is 28.2 Å². The zero-order valence-electron chi connectivity index (χ0n) is 14.9. The first-order valence-corrected chi connectivity index (χ1v) is 8.01. The molecule has 1 aromatic carbocycles. The zero-order valence-corrected chi connectivity index (χ0v) is 14.9. The second kappa shape index (κ2) is 7.31. The van der Waals surface area contributed by atoms with Crippen molar-refractivity contribution in [2.24, 2.45) is 14.1 Å². The molecule has 1 N–H and O–H groups in total. The third kappa shape index (κ3) is 3.45. The first-order chi connectivity index (χ1) is 13.3. The molecule has 1 amide bonds. The van der Waals surface area contributed by atoms with Crippen LogP contribution in [-0.4, -0.2) is 31.6 Å². The molecule has 0 bridgehead atoms. The number of amides is 1. The highest BCUT2D eigenvalue weighted by Gasteiger charge is 2.17. The summed E-state index contributed by atoms with van der Waals surface area (Å²) in [4.78, 5) is 50.4. The number of ether oxygens (including phenoxy) is 1. The lowest BCUT2D eigenvalue weighted by Gasteiger charge is -2.12. The molecule has 0 aliphatic heterocycles. The molecular weight excluding hydrogens is 370 g/mol. The van der Waals surface area contributed by atoms with Crippen molar-refractivity contribution in [1.82, 2.24) is 14.1 Å². The molecule has 0 atom stereocenters. The molecule has 0 aliphatic carbocycles. The molecule has 11 heteroatoms. The van der Waals surface area contributed by atoms with E-state index in [1.807, 2.05) is 0 Å². The van der Waals surface area contributed by atoms with Crippen LogP contribution < -0.4 is 21.3 Å². The van der Waals surface area contributed by atoms with E-state index >= 15 is 0 Å². The number of benzene rings is 1. The number of anilines is 1. The Labute approximate surface area is 157 Å². The standard InChI is InChI=1S/C17H15N5O6/c1-20-13(8-15(24)21(2)17(20)25)19-14(23)9-28-12-6-5-11(22(26)27)10-4-3-7-18-16(10)12/h3-8H,9H2,1-2H3,(H,19,23). The highest BCUT2D eigenvalue weighted by molar-refractivity contribution is 5.93. The first kappa shape index (κ1) is 18.8. The van der Waals surface area contributed by atoms with Crippen LogP contribution >= 0.6 is 0 Å². The maximum absolute atomic E-state index is 12.2. The average Bonchev–Trinajstić information content (AvgIpc) is 2.68. The van der Waals surface area contributed by atoms with Gasteiger partial charge in [-0.25, -0.2) is 4.79 Å². The van der Waals surface area contributed by atoms with Gasteiger partial charge < -0.3 is 10.1 Å². The first-order valence-electron chi connectivity index (χ1n) is 8.01. The normalized spacial score (nSPS) is 10.6. The Bertz CT molecular complexity index is 1210. The van der Waals surface area contributed by atoms with Gasteiger partial charge in [0.2, 0.25) is 0 Å². The Kier molecular flexibility index (Phi) is 4.90. The Hall–Kier alpha value is -4.02. The lowest BCUT2D eigenvalue weighted by atomic mass is 10.1. The van der Waals surface area contributed by atoms with Crippen molar-refractivity contribution in [3.63, 3.8) is 0 Å². The van der Waals surface area contributed by atoms with Crippen molar-refractivity contribution in [2.75, 3.05) is 11.9 Å². The lowest BCUT2D eigenvalue weighted by Crippen LogP contribution is -2.38. The molecule has 11 nitrogen and oxygen atoms in total. The fourth-order valence-corrected chi connectivity index (χ4v) is 2.58. The number of carbonyl (C=O) groups excluding carboxylic acids is 1. The quantitative estimate of drug-likeness (QED) is 0.500. The lowest BCUT2D eigenvalue weighted by molar-refractivity contribution is -0.383. The fourth-order valence-electron chi connectivity index (χ4n) is 2.58. The number of aromatic nitrogens is 3. The summed E-state index contributed by atoms with van der Waals surface area (Å²) >= 11 is 0. The van der Waals surface area contributed by atoms with Crippen LogP contribution in [0.3, 0.4) is 0 Å². The van der Waals surface area contributed by atoms with Crippen molar-refractivity contribution >= 4 is 28.3 Å². The smallest absolute Gasteiger partial charge is 0.332 e. The van der Waals surface area contributed by atoms with Gasteiger partial charge in [0.1, 0.15) is 17.1 Å². The fraction of sp³-hybridized carbons (Fsp3) is 0.176. The van der Waals surface area contributed by atoms with Gasteiger partial charge in [0, 0.05) is 32.4 Å². The van der Waals surface area contributed by atoms with Gasteiger partial charge in [0.15, 0.2) is 6.61 Å². The molecule has 3 aromatic rings. The number of pyridine rings is 1. The van der Waals surface area contributed by atoms with Crippen LogP contribution in [0, 0.1) is 10.1 Å². The van der Waals surface area contributed by atoms with Gasteiger partial charge >= 0.3 is 5.69 Å². The second-order valence-corrected chi connectivity index (χ2v) is 5.84. The van der Waals surface area contributed by atoms with Crippen LogP contribution in [0.4, 0.5) is 11.5 Å². The van der Waals surface area contributed by atoms with Crippen molar-refractivity contribution in [2.45, 2.75) is 0 Å². The molecule has 28 heavy (non-hydrogen) atoms. The predicted molar refractivity (Wildman–Crippen MR) is 99.4 cm³/mol. The number of nitrogens with zero attached hydrogens (tertiary/aromatic N) is 4. The number of carbonyl (C=O) groups is 1. The summed E-state index contributed by atoms with van der Waals surface area (Å²) in [6.07, 6.45) is 1.45. The molecule has 0 aliphatic rings. The molecule has 0 saturated heterocycles. The van der Waals surface area contributed by atoms with Gasteiger partial charge in [-0.05, 0) is 18.2 Å². The summed E-state index contributed by atoms with van der Waals surface area (Å²) in [6.45, 7) is -0.452. The van der Waals surface area contributed by atoms with E-state index in [0.29, 0.717) is 0 Å². The van der Waals surface area contributed by atoms with E-state index in [4.69, 9.17) is 4.74 Å². The average molecular weight is 385 g/mol. The van der Waals surface area contributed by atoms with Gasteiger partial charge in [-0.3, -0.25) is 33.8 Å². The molecule has 2 aromatic heterocycles.